The van der Waals surface area contributed by atoms with E-state index in [0.29, 0.717) is 12.0 Å². The summed E-state index contributed by atoms with van der Waals surface area (Å²) in [4.78, 5) is 5.18. The van der Waals surface area contributed by atoms with Gasteiger partial charge in [-0.1, -0.05) is 13.8 Å². The van der Waals surface area contributed by atoms with E-state index in [0.717, 1.165) is 12.6 Å². The van der Waals surface area contributed by atoms with Crippen LogP contribution < -0.4 is 5.73 Å². The number of piperazine rings is 1. The van der Waals surface area contributed by atoms with Gasteiger partial charge in [0.15, 0.2) is 0 Å². The monoisotopic (exact) mass is 197 g/mol. The van der Waals surface area contributed by atoms with Crippen LogP contribution in [-0.2, 0) is 0 Å². The highest BCUT2D eigenvalue weighted by Gasteiger charge is 2.32. The first-order chi connectivity index (χ1) is 6.66. The molecule has 14 heavy (non-hydrogen) atoms. The number of fused-ring (bicyclic) bond motifs is 2. The number of hydrogen-bond donors (Lipinski definition) is 1. The summed E-state index contributed by atoms with van der Waals surface area (Å²) in [5.74, 6) is 0.606. The Labute approximate surface area is 87.2 Å². The molecule has 82 valence electrons. The average molecular weight is 197 g/mol. The minimum absolute atomic E-state index is 0.349. The van der Waals surface area contributed by atoms with Crippen LogP contribution in [0, 0.1) is 5.92 Å². The molecule has 3 nitrogen and oxygen atoms in total. The summed E-state index contributed by atoms with van der Waals surface area (Å²) in [5, 5.41) is 0. The van der Waals surface area contributed by atoms with Crippen LogP contribution in [0.15, 0.2) is 0 Å². The van der Waals surface area contributed by atoms with Gasteiger partial charge >= 0.3 is 0 Å². The van der Waals surface area contributed by atoms with Crippen LogP contribution in [0.1, 0.15) is 20.3 Å². The molecule has 2 aliphatic heterocycles. The number of rotatable bonds is 3. The smallest absolute Gasteiger partial charge is 0.0236 e. The van der Waals surface area contributed by atoms with Crippen molar-refractivity contribution in [2.24, 2.45) is 11.7 Å². The second-order valence-corrected chi connectivity index (χ2v) is 5.15. The summed E-state index contributed by atoms with van der Waals surface area (Å²) >= 11 is 0. The molecule has 2 fully saturated rings. The molecule has 2 heterocycles. The molecule has 2 N–H and O–H groups in total. The highest BCUT2D eigenvalue weighted by Crippen LogP contribution is 2.20. The fourth-order valence-electron chi connectivity index (χ4n) is 2.49. The lowest BCUT2D eigenvalue weighted by Gasteiger charge is -2.36. The zero-order valence-electron chi connectivity index (χ0n) is 9.45. The van der Waals surface area contributed by atoms with Gasteiger partial charge in [0.25, 0.3) is 0 Å². The lowest BCUT2D eigenvalue weighted by molar-refractivity contribution is 0.122. The highest BCUT2D eigenvalue weighted by atomic mass is 15.3. The zero-order chi connectivity index (χ0) is 10.1. The number of nitrogens with two attached hydrogens (primary N) is 1. The Balaban J connectivity index is 1.85. The third kappa shape index (κ3) is 2.10. The van der Waals surface area contributed by atoms with E-state index in [1.807, 2.05) is 0 Å². The van der Waals surface area contributed by atoms with Crippen molar-refractivity contribution < 1.29 is 0 Å². The molecule has 0 aromatic carbocycles. The molecule has 2 saturated heterocycles. The Morgan fingerprint density at radius 1 is 1.29 bits per heavy atom. The first kappa shape index (κ1) is 10.4. The van der Waals surface area contributed by atoms with Crippen LogP contribution in [0.2, 0.25) is 0 Å². The molecule has 0 aromatic heterocycles. The van der Waals surface area contributed by atoms with Crippen molar-refractivity contribution in [3.05, 3.63) is 0 Å². The summed E-state index contributed by atoms with van der Waals surface area (Å²) in [6.07, 6.45) is 1.35. The fourth-order valence-corrected chi connectivity index (χ4v) is 2.49. The maximum atomic E-state index is 6.12. The van der Waals surface area contributed by atoms with E-state index in [1.165, 1.54) is 32.6 Å². The van der Waals surface area contributed by atoms with E-state index in [4.69, 9.17) is 5.73 Å². The third-order valence-electron chi connectivity index (χ3n) is 3.77. The van der Waals surface area contributed by atoms with Gasteiger partial charge in [-0.3, -0.25) is 4.90 Å². The molecule has 2 bridgehead atoms. The molecular formula is C11H23N3. The second-order valence-electron chi connectivity index (χ2n) is 5.15. The SMILES string of the molecule is CC(C)[C@@H](N)CN1CCN2CCC1C2. The van der Waals surface area contributed by atoms with Gasteiger partial charge in [-0.25, -0.2) is 0 Å². The average Bonchev–Trinajstić information content (AvgIpc) is 2.53. The molecule has 0 aromatic rings. The van der Waals surface area contributed by atoms with Crippen molar-refractivity contribution in [2.75, 3.05) is 32.7 Å². The van der Waals surface area contributed by atoms with Gasteiger partial charge in [-0.2, -0.15) is 0 Å². The fraction of sp³-hybridized carbons (Fsp3) is 1.00. The van der Waals surface area contributed by atoms with Crippen LogP contribution in [0.25, 0.3) is 0 Å². The Morgan fingerprint density at radius 3 is 2.79 bits per heavy atom. The topological polar surface area (TPSA) is 32.5 Å². The Hall–Kier alpha value is -0.120. The molecule has 0 spiro atoms. The molecule has 0 saturated carbocycles. The van der Waals surface area contributed by atoms with Crippen molar-refractivity contribution in [2.45, 2.75) is 32.4 Å². The lowest BCUT2D eigenvalue weighted by Crippen LogP contribution is -2.51. The molecular weight excluding hydrogens is 174 g/mol. The first-order valence-electron chi connectivity index (χ1n) is 5.89. The minimum Gasteiger partial charge on any atom is -0.326 e. The van der Waals surface area contributed by atoms with Crippen molar-refractivity contribution in [3.63, 3.8) is 0 Å². The number of nitrogens with zero attached hydrogens (tertiary/aromatic N) is 2. The Kier molecular flexibility index (Phi) is 3.10. The summed E-state index contributed by atoms with van der Waals surface area (Å²) in [7, 11) is 0. The van der Waals surface area contributed by atoms with Crippen molar-refractivity contribution in [3.8, 4) is 0 Å². The van der Waals surface area contributed by atoms with Crippen LogP contribution in [0.3, 0.4) is 0 Å². The summed E-state index contributed by atoms with van der Waals surface area (Å²) < 4.78 is 0. The molecule has 0 aliphatic carbocycles. The number of hydrogen-bond acceptors (Lipinski definition) is 3. The van der Waals surface area contributed by atoms with Crippen LogP contribution in [-0.4, -0.2) is 54.6 Å². The molecule has 0 radical (unpaired) electrons. The standard InChI is InChI=1S/C11H23N3/c1-9(2)11(12)8-14-6-5-13-4-3-10(14)7-13/h9-11H,3-8,12H2,1-2H3/t10?,11-/m0/s1. The summed E-state index contributed by atoms with van der Waals surface area (Å²) in [6.45, 7) is 10.6. The van der Waals surface area contributed by atoms with E-state index in [1.54, 1.807) is 0 Å². The van der Waals surface area contributed by atoms with Gasteiger partial charge in [0.05, 0.1) is 0 Å². The Morgan fingerprint density at radius 2 is 2.07 bits per heavy atom. The van der Waals surface area contributed by atoms with Gasteiger partial charge in [-0.15, -0.1) is 0 Å². The van der Waals surface area contributed by atoms with E-state index in [-0.39, 0.29) is 0 Å². The molecule has 3 atom stereocenters. The predicted molar refractivity (Wildman–Crippen MR) is 59.2 cm³/mol. The lowest BCUT2D eigenvalue weighted by atomic mass is 10.0. The van der Waals surface area contributed by atoms with E-state index in [9.17, 15) is 0 Å². The second kappa shape index (κ2) is 4.17. The summed E-state index contributed by atoms with van der Waals surface area (Å²) in [6, 6.07) is 1.15. The van der Waals surface area contributed by atoms with Crippen LogP contribution in [0.4, 0.5) is 0 Å². The maximum Gasteiger partial charge on any atom is 0.0236 e. The molecule has 2 rings (SSSR count). The molecule has 2 unspecified atom stereocenters. The van der Waals surface area contributed by atoms with Gasteiger partial charge in [0.1, 0.15) is 0 Å². The molecule has 0 amide bonds. The highest BCUT2D eigenvalue weighted by molar-refractivity contribution is 4.90. The van der Waals surface area contributed by atoms with Crippen molar-refractivity contribution in [1.29, 1.82) is 0 Å². The van der Waals surface area contributed by atoms with Crippen LogP contribution in [0.5, 0.6) is 0 Å². The van der Waals surface area contributed by atoms with E-state index in [2.05, 4.69) is 23.6 Å². The quantitative estimate of drug-likeness (QED) is 0.709. The largest absolute Gasteiger partial charge is 0.326 e. The predicted octanol–water partition coefficient (Wildman–Crippen LogP) is 0.360. The zero-order valence-corrected chi connectivity index (χ0v) is 9.45. The maximum absolute atomic E-state index is 6.12. The van der Waals surface area contributed by atoms with Gasteiger partial charge in [0, 0.05) is 38.3 Å². The first-order valence-corrected chi connectivity index (χ1v) is 5.89. The minimum atomic E-state index is 0.349. The van der Waals surface area contributed by atoms with Crippen molar-refractivity contribution in [1.82, 2.24) is 9.80 Å². The van der Waals surface area contributed by atoms with Gasteiger partial charge in [-0.05, 0) is 18.9 Å². The molecule has 2 aliphatic rings. The van der Waals surface area contributed by atoms with Crippen LogP contribution >= 0.6 is 0 Å². The normalized spacial score (nSPS) is 35.1. The molecule has 3 heteroatoms. The third-order valence-corrected chi connectivity index (χ3v) is 3.77. The van der Waals surface area contributed by atoms with Gasteiger partial charge < -0.3 is 10.6 Å². The van der Waals surface area contributed by atoms with E-state index >= 15 is 0 Å². The van der Waals surface area contributed by atoms with Crippen molar-refractivity contribution >= 4 is 0 Å². The van der Waals surface area contributed by atoms with E-state index < -0.39 is 0 Å². The Bertz CT molecular complexity index is 193. The van der Waals surface area contributed by atoms with Gasteiger partial charge in [0.2, 0.25) is 0 Å². The summed E-state index contributed by atoms with van der Waals surface area (Å²) in [5.41, 5.74) is 6.12.